The third kappa shape index (κ3) is 4.89. The van der Waals surface area contributed by atoms with Crippen LogP contribution in [0.2, 0.25) is 0 Å². The topological polar surface area (TPSA) is 21.3 Å². The maximum absolute atomic E-state index is 7.29. The Balaban J connectivity index is 1.28. The van der Waals surface area contributed by atoms with Crippen molar-refractivity contribution in [3.05, 3.63) is 149 Å². The van der Waals surface area contributed by atoms with Crippen molar-refractivity contribution in [3.8, 4) is 27.9 Å². The number of para-hydroxylation sites is 1. The molecule has 0 unspecified atom stereocenters. The monoisotopic (exact) mass is 848 g/mol. The van der Waals surface area contributed by atoms with Crippen LogP contribution >= 0.6 is 11.3 Å². The van der Waals surface area contributed by atoms with E-state index < -0.39 is 0 Å². The molecule has 0 N–H and O–H groups in total. The van der Waals surface area contributed by atoms with E-state index in [1.165, 1.54) is 120 Å². The SMILES string of the molecule is CC(C)(C)c1ccc(N2B3c4sc5ccc(C(C)(C)C)cc5c4-n4c5ccc(C(C)(C)C)cc5c5c6oc7ccccc7c6c(c3c54)-c3cc4c(cc32)-c2ccccc2C4(C)C)cc1. The van der Waals surface area contributed by atoms with Gasteiger partial charge in [0.15, 0.2) is 0 Å². The second-order valence-corrected chi connectivity index (χ2v) is 23.6. The van der Waals surface area contributed by atoms with Gasteiger partial charge in [-0.05, 0) is 121 Å². The van der Waals surface area contributed by atoms with Gasteiger partial charge in [0.05, 0.1) is 22.1 Å². The molecule has 0 amide bonds. The maximum atomic E-state index is 7.29. The minimum atomic E-state index is -0.169. The van der Waals surface area contributed by atoms with Crippen LogP contribution < -0.4 is 15.1 Å². The van der Waals surface area contributed by atoms with Crippen molar-refractivity contribution >= 4 is 93.6 Å². The molecule has 1 aliphatic carbocycles. The Kier molecular flexibility index (Phi) is 7.32. The molecule has 0 spiro atoms. The molecular weight excluding hydrogens is 796 g/mol. The molecule has 64 heavy (non-hydrogen) atoms. The Hall–Kier alpha value is -6.04. The Morgan fingerprint density at radius 1 is 0.578 bits per heavy atom. The zero-order valence-corrected chi connectivity index (χ0v) is 39.7. The fourth-order valence-electron chi connectivity index (χ4n) is 11.8. The number of anilines is 2. The largest absolute Gasteiger partial charge is 0.455 e. The first-order valence-electron chi connectivity index (χ1n) is 23.1. The minimum absolute atomic E-state index is 0.00601. The molecule has 0 fully saturated rings. The summed E-state index contributed by atoms with van der Waals surface area (Å²) in [6.45, 7) is 25.7. The van der Waals surface area contributed by atoms with Crippen molar-refractivity contribution in [1.29, 1.82) is 0 Å². The Morgan fingerprint density at radius 2 is 1.23 bits per heavy atom. The van der Waals surface area contributed by atoms with E-state index in [1.807, 2.05) is 11.3 Å². The van der Waals surface area contributed by atoms with Crippen molar-refractivity contribution in [2.75, 3.05) is 4.81 Å². The summed E-state index contributed by atoms with van der Waals surface area (Å²) in [6.07, 6.45) is 0. The number of aromatic nitrogens is 1. The first kappa shape index (κ1) is 38.4. The lowest BCUT2D eigenvalue weighted by molar-refractivity contribution is 0.590. The van der Waals surface area contributed by atoms with E-state index in [1.54, 1.807) is 0 Å². The van der Waals surface area contributed by atoms with Gasteiger partial charge < -0.3 is 13.8 Å². The van der Waals surface area contributed by atoms with Gasteiger partial charge in [0.25, 0.3) is 0 Å². The summed E-state index contributed by atoms with van der Waals surface area (Å²) in [5.74, 6) is 0. The molecule has 13 rings (SSSR count). The van der Waals surface area contributed by atoms with E-state index in [9.17, 15) is 0 Å². The van der Waals surface area contributed by atoms with Gasteiger partial charge in [-0.25, -0.2) is 0 Å². The van der Waals surface area contributed by atoms with Crippen molar-refractivity contribution in [2.45, 2.75) is 97.8 Å². The van der Waals surface area contributed by atoms with Gasteiger partial charge in [-0.3, -0.25) is 0 Å². The normalized spacial score (nSPS) is 15.2. The van der Waals surface area contributed by atoms with E-state index in [-0.39, 0.29) is 28.5 Å². The van der Waals surface area contributed by atoms with Crippen LogP contribution in [0.5, 0.6) is 0 Å². The molecule has 10 aromatic rings. The second kappa shape index (κ2) is 12.2. The van der Waals surface area contributed by atoms with Gasteiger partial charge >= 0.3 is 6.85 Å². The van der Waals surface area contributed by atoms with Crippen molar-refractivity contribution in [1.82, 2.24) is 4.57 Å². The molecule has 0 saturated heterocycles. The zero-order chi connectivity index (χ0) is 44.1. The van der Waals surface area contributed by atoms with Crippen molar-refractivity contribution in [2.24, 2.45) is 0 Å². The number of nitrogens with zero attached hydrogens (tertiary/aromatic N) is 2. The van der Waals surface area contributed by atoms with Crippen LogP contribution in [0.3, 0.4) is 0 Å². The van der Waals surface area contributed by atoms with Gasteiger partial charge in [-0.15, -0.1) is 11.3 Å². The van der Waals surface area contributed by atoms with E-state index in [0.29, 0.717) is 0 Å². The van der Waals surface area contributed by atoms with Crippen LogP contribution in [-0.4, -0.2) is 11.4 Å². The molecule has 0 bridgehead atoms. The lowest BCUT2D eigenvalue weighted by atomic mass is 9.46. The third-order valence-electron chi connectivity index (χ3n) is 15.2. The van der Waals surface area contributed by atoms with Gasteiger partial charge in [0.2, 0.25) is 0 Å². The van der Waals surface area contributed by atoms with Crippen LogP contribution in [0.15, 0.2) is 126 Å². The molecule has 3 aromatic heterocycles. The molecule has 314 valence electrons. The van der Waals surface area contributed by atoms with Gasteiger partial charge in [-0.2, -0.15) is 0 Å². The van der Waals surface area contributed by atoms with Crippen LogP contribution in [0.4, 0.5) is 11.4 Å². The molecule has 5 heterocycles. The fourth-order valence-corrected chi connectivity index (χ4v) is 13.1. The summed E-state index contributed by atoms with van der Waals surface area (Å²) in [4.78, 5) is 2.73. The van der Waals surface area contributed by atoms with Gasteiger partial charge in [0, 0.05) is 53.4 Å². The van der Waals surface area contributed by atoms with Gasteiger partial charge in [-0.1, -0.05) is 143 Å². The summed E-state index contributed by atoms with van der Waals surface area (Å²) in [6, 6.07) is 47.0. The number of rotatable bonds is 1. The first-order valence-corrected chi connectivity index (χ1v) is 23.9. The van der Waals surface area contributed by atoms with Crippen LogP contribution in [0.25, 0.3) is 81.8 Å². The number of thiophene rings is 1. The highest BCUT2D eigenvalue weighted by molar-refractivity contribution is 7.32. The number of benzene rings is 7. The molecule has 3 nitrogen and oxygen atoms in total. The van der Waals surface area contributed by atoms with Crippen LogP contribution in [-0.2, 0) is 21.7 Å². The summed E-state index contributed by atoms with van der Waals surface area (Å²) in [7, 11) is 0. The second-order valence-electron chi connectivity index (χ2n) is 22.6. The number of hydrogen-bond acceptors (Lipinski definition) is 3. The molecule has 3 aliphatic rings. The lowest BCUT2D eigenvalue weighted by Crippen LogP contribution is -2.59. The van der Waals surface area contributed by atoms with E-state index >= 15 is 0 Å². The summed E-state index contributed by atoms with van der Waals surface area (Å²) in [5.41, 5.74) is 21.4. The number of furan rings is 1. The highest BCUT2D eigenvalue weighted by Gasteiger charge is 2.49. The molecule has 0 radical (unpaired) electrons. The first-order chi connectivity index (χ1) is 30.4. The third-order valence-corrected chi connectivity index (χ3v) is 16.4. The van der Waals surface area contributed by atoms with E-state index in [4.69, 9.17) is 4.42 Å². The summed E-state index contributed by atoms with van der Waals surface area (Å²) >= 11 is 1.98. The highest BCUT2D eigenvalue weighted by Crippen LogP contribution is 2.57. The van der Waals surface area contributed by atoms with Crippen molar-refractivity contribution < 1.29 is 4.42 Å². The smallest absolute Gasteiger partial charge is 0.343 e. The molecule has 5 heteroatoms. The standard InChI is InChI=1S/C59H53BN2OS/c1-56(2,3)32-20-24-35(25-21-32)62-45-31-38-36-16-12-14-18-42(36)59(10,11)43(38)30-40(45)48-49-37-17-13-15-19-46(37)63-54(49)50-39-28-33(57(4,5)6)22-26-44(39)61-52-41-29-34(58(7,8)9)23-27-47(41)64-55(52)60(62)51(48)53(50)61/h12-31H,1-11H3. The molecular formula is C59H53BN2OS. The van der Waals surface area contributed by atoms with E-state index in [2.05, 4.69) is 207 Å². The highest BCUT2D eigenvalue weighted by atomic mass is 32.1. The lowest BCUT2D eigenvalue weighted by Gasteiger charge is -2.42. The molecule has 2 aliphatic heterocycles. The Labute approximate surface area is 380 Å². The summed E-state index contributed by atoms with van der Waals surface area (Å²) < 4.78 is 12.7. The predicted octanol–water partition coefficient (Wildman–Crippen LogP) is 15.3. The van der Waals surface area contributed by atoms with Crippen LogP contribution in [0, 0.1) is 0 Å². The van der Waals surface area contributed by atoms with Gasteiger partial charge in [0.1, 0.15) is 11.2 Å². The number of hydrogen-bond donors (Lipinski definition) is 0. The Morgan fingerprint density at radius 3 is 1.97 bits per heavy atom. The number of fused-ring (bicyclic) bond motifs is 18. The van der Waals surface area contributed by atoms with Crippen LogP contribution in [0.1, 0.15) is 104 Å². The Bertz CT molecular complexity index is 3700. The fraction of sp³-hybridized carbons (Fsp3) is 0.254. The molecule has 0 saturated carbocycles. The average molecular weight is 849 g/mol. The van der Waals surface area contributed by atoms with Crippen molar-refractivity contribution in [3.63, 3.8) is 0 Å². The summed E-state index contributed by atoms with van der Waals surface area (Å²) in [5, 5.41) is 6.19. The molecule has 7 aromatic carbocycles. The molecule has 0 atom stereocenters. The maximum Gasteiger partial charge on any atom is 0.343 e. The van der Waals surface area contributed by atoms with E-state index in [0.717, 1.165) is 11.2 Å². The minimum Gasteiger partial charge on any atom is -0.455 e. The quantitative estimate of drug-likeness (QED) is 0.154. The average Bonchev–Trinajstić information content (AvgIpc) is 3.98. The zero-order valence-electron chi connectivity index (χ0n) is 38.8. The predicted molar refractivity (Wildman–Crippen MR) is 276 cm³/mol.